The van der Waals surface area contributed by atoms with Crippen molar-refractivity contribution in [2.24, 2.45) is 5.92 Å². The summed E-state index contributed by atoms with van der Waals surface area (Å²) < 4.78 is 31.5. The maximum Gasteiger partial charge on any atom is 0.279 e. The summed E-state index contributed by atoms with van der Waals surface area (Å²) in [6.45, 7) is 5.27. The van der Waals surface area contributed by atoms with Gasteiger partial charge in [-0.3, -0.25) is 4.98 Å². The molecule has 0 spiro atoms. The summed E-state index contributed by atoms with van der Waals surface area (Å²) in [6.07, 6.45) is 7.37. The second kappa shape index (κ2) is 7.23. The van der Waals surface area contributed by atoms with Gasteiger partial charge in [-0.1, -0.05) is 26.0 Å². The van der Waals surface area contributed by atoms with Crippen molar-refractivity contribution in [3.05, 3.63) is 54.5 Å². The van der Waals surface area contributed by atoms with Crippen LogP contribution >= 0.6 is 0 Å². The Kier molecular flexibility index (Phi) is 5.01. The zero-order valence-corrected chi connectivity index (χ0v) is 18.2. The topological polar surface area (TPSA) is 67.2 Å². The SMILES string of the molecule is CC(C)Cn1cc(C2(NS(=O)(=O)N(C)C)CC2)c2ccc(-c3ccncc3)cc21. The molecule has 0 aliphatic heterocycles. The Morgan fingerprint density at radius 3 is 2.41 bits per heavy atom. The Hall–Kier alpha value is -2.22. The van der Waals surface area contributed by atoms with E-state index in [4.69, 9.17) is 0 Å². The average molecular weight is 413 g/mol. The molecule has 1 aliphatic carbocycles. The number of nitrogens with zero attached hydrogens (tertiary/aromatic N) is 3. The highest BCUT2D eigenvalue weighted by Gasteiger charge is 2.49. The Morgan fingerprint density at radius 2 is 1.83 bits per heavy atom. The molecule has 1 N–H and O–H groups in total. The van der Waals surface area contributed by atoms with E-state index in [1.165, 1.54) is 4.31 Å². The van der Waals surface area contributed by atoms with Crippen LogP contribution < -0.4 is 4.72 Å². The standard InChI is InChI=1S/C22H28N4O2S/c1-16(2)14-26-15-20(22(9-10-22)24-29(27,28)25(3)4)19-6-5-18(13-21(19)26)17-7-11-23-12-8-17/h5-8,11-13,15-16,24H,9-10,14H2,1-4H3. The van der Waals surface area contributed by atoms with Crippen LogP contribution in [0.3, 0.4) is 0 Å². The van der Waals surface area contributed by atoms with Gasteiger partial charge >= 0.3 is 0 Å². The van der Waals surface area contributed by atoms with Crippen LogP contribution in [-0.4, -0.2) is 36.4 Å². The van der Waals surface area contributed by atoms with Crippen molar-refractivity contribution < 1.29 is 8.42 Å². The van der Waals surface area contributed by atoms with E-state index in [1.807, 2.05) is 12.1 Å². The van der Waals surface area contributed by atoms with E-state index >= 15 is 0 Å². The summed E-state index contributed by atoms with van der Waals surface area (Å²) >= 11 is 0. The summed E-state index contributed by atoms with van der Waals surface area (Å²) in [5.74, 6) is 0.483. The molecule has 4 rings (SSSR count). The summed E-state index contributed by atoms with van der Waals surface area (Å²) in [7, 11) is -0.394. The van der Waals surface area contributed by atoms with Crippen molar-refractivity contribution in [1.29, 1.82) is 0 Å². The van der Waals surface area contributed by atoms with Gasteiger partial charge in [-0.2, -0.15) is 17.4 Å². The van der Waals surface area contributed by atoms with Crippen LogP contribution in [0.4, 0.5) is 0 Å². The minimum atomic E-state index is -3.51. The van der Waals surface area contributed by atoms with E-state index < -0.39 is 15.7 Å². The van der Waals surface area contributed by atoms with Crippen LogP contribution in [0.1, 0.15) is 32.3 Å². The number of nitrogens with one attached hydrogen (secondary N) is 1. The first-order chi connectivity index (χ1) is 13.7. The monoisotopic (exact) mass is 412 g/mol. The fourth-order valence-corrected chi connectivity index (χ4v) is 4.82. The molecule has 1 fully saturated rings. The van der Waals surface area contributed by atoms with Crippen molar-refractivity contribution >= 4 is 21.1 Å². The second-order valence-corrected chi connectivity index (χ2v) is 10.4. The lowest BCUT2D eigenvalue weighted by Crippen LogP contribution is -2.42. The quantitative estimate of drug-likeness (QED) is 0.643. The van der Waals surface area contributed by atoms with E-state index in [9.17, 15) is 8.42 Å². The Morgan fingerprint density at radius 1 is 1.14 bits per heavy atom. The molecule has 0 unspecified atom stereocenters. The molecule has 2 aromatic heterocycles. The Labute approximate surface area is 172 Å². The van der Waals surface area contributed by atoms with Gasteiger partial charge in [-0.05, 0) is 53.6 Å². The van der Waals surface area contributed by atoms with E-state index in [-0.39, 0.29) is 0 Å². The molecular formula is C22H28N4O2S. The largest absolute Gasteiger partial charge is 0.347 e. The molecule has 0 bridgehead atoms. The predicted molar refractivity (Wildman–Crippen MR) is 117 cm³/mol. The van der Waals surface area contributed by atoms with E-state index in [2.05, 4.69) is 52.5 Å². The van der Waals surface area contributed by atoms with Crippen LogP contribution in [-0.2, 0) is 22.3 Å². The number of rotatable bonds is 7. The number of hydrogen-bond acceptors (Lipinski definition) is 3. The minimum absolute atomic E-state index is 0.483. The van der Waals surface area contributed by atoms with Gasteiger partial charge in [0.05, 0.1) is 5.54 Å². The highest BCUT2D eigenvalue weighted by Crippen LogP contribution is 2.49. The summed E-state index contributed by atoms with van der Waals surface area (Å²) in [5.41, 5.74) is 3.95. The number of aromatic nitrogens is 2. The van der Waals surface area contributed by atoms with Gasteiger partial charge in [0, 0.05) is 50.1 Å². The van der Waals surface area contributed by atoms with Gasteiger partial charge in [-0.15, -0.1) is 0 Å². The third-order valence-corrected chi connectivity index (χ3v) is 7.14. The third-order valence-electron chi connectivity index (χ3n) is 5.53. The Balaban J connectivity index is 1.83. The molecule has 1 aliphatic rings. The van der Waals surface area contributed by atoms with Crippen LogP contribution in [0.2, 0.25) is 0 Å². The Bertz CT molecular complexity index is 1130. The molecule has 1 saturated carbocycles. The molecule has 1 aromatic carbocycles. The van der Waals surface area contributed by atoms with Crippen molar-refractivity contribution in [1.82, 2.24) is 18.6 Å². The normalized spacial score (nSPS) is 16.1. The molecule has 154 valence electrons. The maximum atomic E-state index is 12.5. The molecule has 7 heteroatoms. The molecule has 0 radical (unpaired) electrons. The van der Waals surface area contributed by atoms with Crippen LogP contribution in [0.15, 0.2) is 48.9 Å². The van der Waals surface area contributed by atoms with Gasteiger partial charge in [-0.25, -0.2) is 0 Å². The molecule has 0 saturated heterocycles. The molecule has 0 atom stereocenters. The van der Waals surface area contributed by atoms with Gasteiger partial charge < -0.3 is 4.57 Å². The molecule has 2 heterocycles. The highest BCUT2D eigenvalue weighted by atomic mass is 32.2. The zero-order valence-electron chi connectivity index (χ0n) is 17.4. The first-order valence-electron chi connectivity index (χ1n) is 9.97. The average Bonchev–Trinajstić information content (AvgIpc) is 3.35. The smallest absolute Gasteiger partial charge is 0.279 e. The number of fused-ring (bicyclic) bond motifs is 1. The van der Waals surface area contributed by atoms with Gasteiger partial charge in [0.15, 0.2) is 0 Å². The lowest BCUT2D eigenvalue weighted by molar-refractivity contribution is 0.484. The van der Waals surface area contributed by atoms with Crippen LogP contribution in [0.5, 0.6) is 0 Å². The van der Waals surface area contributed by atoms with Crippen molar-refractivity contribution in [2.75, 3.05) is 14.1 Å². The number of benzene rings is 1. The predicted octanol–water partition coefficient (Wildman–Crippen LogP) is 3.74. The molecule has 6 nitrogen and oxygen atoms in total. The lowest BCUT2D eigenvalue weighted by Gasteiger charge is -2.20. The molecule has 0 amide bonds. The van der Waals surface area contributed by atoms with Crippen molar-refractivity contribution in [2.45, 2.75) is 38.8 Å². The fourth-order valence-electron chi connectivity index (χ4n) is 3.83. The molecule has 3 aromatic rings. The maximum absolute atomic E-state index is 12.5. The van der Waals surface area contributed by atoms with Crippen molar-refractivity contribution in [3.63, 3.8) is 0 Å². The van der Waals surface area contributed by atoms with E-state index in [0.29, 0.717) is 5.92 Å². The first kappa shape index (κ1) is 20.1. The van der Waals surface area contributed by atoms with E-state index in [0.717, 1.165) is 47.0 Å². The van der Waals surface area contributed by atoms with Gasteiger partial charge in [0.2, 0.25) is 0 Å². The minimum Gasteiger partial charge on any atom is -0.347 e. The first-order valence-corrected chi connectivity index (χ1v) is 11.4. The fraction of sp³-hybridized carbons (Fsp3) is 0.409. The summed E-state index contributed by atoms with van der Waals surface area (Å²) in [6, 6.07) is 10.4. The van der Waals surface area contributed by atoms with Crippen LogP contribution in [0.25, 0.3) is 22.0 Å². The van der Waals surface area contributed by atoms with Gasteiger partial charge in [0.1, 0.15) is 0 Å². The summed E-state index contributed by atoms with van der Waals surface area (Å²) in [4.78, 5) is 4.11. The highest BCUT2D eigenvalue weighted by molar-refractivity contribution is 7.87. The zero-order chi connectivity index (χ0) is 20.8. The van der Waals surface area contributed by atoms with Gasteiger partial charge in [0.25, 0.3) is 10.2 Å². The summed E-state index contributed by atoms with van der Waals surface area (Å²) in [5, 5.41) is 1.11. The second-order valence-electron chi connectivity index (χ2n) is 8.53. The molecular weight excluding hydrogens is 384 g/mol. The number of pyridine rings is 1. The lowest BCUT2D eigenvalue weighted by atomic mass is 10.0. The van der Waals surface area contributed by atoms with Crippen molar-refractivity contribution in [3.8, 4) is 11.1 Å². The number of hydrogen-bond donors (Lipinski definition) is 1. The van der Waals surface area contributed by atoms with Crippen LogP contribution in [0, 0.1) is 5.92 Å². The molecule has 29 heavy (non-hydrogen) atoms. The third kappa shape index (κ3) is 3.82. The van der Waals surface area contributed by atoms with E-state index in [1.54, 1.807) is 26.5 Å².